The quantitative estimate of drug-likeness (QED) is 0.537. The summed E-state index contributed by atoms with van der Waals surface area (Å²) in [6, 6.07) is 4.12. The van der Waals surface area contributed by atoms with Crippen molar-refractivity contribution in [2.45, 2.75) is 37.8 Å². The van der Waals surface area contributed by atoms with Crippen LogP contribution in [-0.2, 0) is 4.74 Å². The van der Waals surface area contributed by atoms with Crippen LogP contribution >= 0.6 is 0 Å². The highest BCUT2D eigenvalue weighted by Crippen LogP contribution is 2.34. The minimum Gasteiger partial charge on any atom is -0.480 e. The van der Waals surface area contributed by atoms with Crippen LogP contribution in [0.25, 0.3) is 27.9 Å². The standard InChI is InChI=1S/C20H23N7O2/c1-28-13-5-3-12(4-6-13)23-20-25-18-17(19(26-20)29-2)14(11-21-18)15-8-10-27-16(24-15)7-9-22-27/h7-13H,3-6H2,1-2H3,(H2,21,23,25,26). The normalized spacial score (nSPS) is 19.7. The average Bonchev–Trinajstić information content (AvgIpc) is 3.40. The number of hydrogen-bond donors (Lipinski definition) is 2. The van der Waals surface area contributed by atoms with Crippen molar-refractivity contribution in [1.82, 2.24) is 29.5 Å². The summed E-state index contributed by atoms with van der Waals surface area (Å²) in [5, 5.41) is 8.47. The Labute approximate surface area is 167 Å². The van der Waals surface area contributed by atoms with Crippen LogP contribution in [0.5, 0.6) is 5.88 Å². The highest BCUT2D eigenvalue weighted by molar-refractivity contribution is 5.97. The van der Waals surface area contributed by atoms with Crippen molar-refractivity contribution in [3.63, 3.8) is 0 Å². The van der Waals surface area contributed by atoms with E-state index in [0.717, 1.165) is 53.6 Å². The van der Waals surface area contributed by atoms with Crippen molar-refractivity contribution in [3.8, 4) is 17.1 Å². The zero-order valence-electron chi connectivity index (χ0n) is 16.4. The van der Waals surface area contributed by atoms with Crippen molar-refractivity contribution in [2.75, 3.05) is 19.5 Å². The summed E-state index contributed by atoms with van der Waals surface area (Å²) in [7, 11) is 3.41. The summed E-state index contributed by atoms with van der Waals surface area (Å²) in [6.07, 6.45) is 10.0. The highest BCUT2D eigenvalue weighted by atomic mass is 16.5. The Balaban J connectivity index is 1.47. The molecule has 29 heavy (non-hydrogen) atoms. The number of fused-ring (bicyclic) bond motifs is 2. The molecule has 0 atom stereocenters. The molecule has 0 amide bonds. The molecular formula is C20H23N7O2. The molecule has 4 aromatic heterocycles. The van der Waals surface area contributed by atoms with Crippen molar-refractivity contribution in [3.05, 3.63) is 30.7 Å². The van der Waals surface area contributed by atoms with Crippen molar-refractivity contribution < 1.29 is 9.47 Å². The molecule has 0 radical (unpaired) electrons. The van der Waals surface area contributed by atoms with Gasteiger partial charge in [0.25, 0.3) is 0 Å². The predicted octanol–water partition coefficient (Wildman–Crippen LogP) is 3.05. The molecule has 0 aliphatic heterocycles. The molecule has 9 nitrogen and oxygen atoms in total. The maximum atomic E-state index is 5.61. The van der Waals surface area contributed by atoms with Gasteiger partial charge in [-0.3, -0.25) is 0 Å². The van der Waals surface area contributed by atoms with Gasteiger partial charge in [0.05, 0.1) is 30.5 Å². The topological polar surface area (TPSA) is 102 Å². The van der Waals surface area contributed by atoms with Crippen LogP contribution in [-0.4, -0.2) is 55.9 Å². The second-order valence-corrected chi connectivity index (χ2v) is 7.28. The molecule has 1 saturated carbocycles. The number of rotatable bonds is 5. The number of aromatic nitrogens is 6. The number of nitrogens with one attached hydrogen (secondary N) is 2. The Morgan fingerprint density at radius 1 is 1.10 bits per heavy atom. The number of ether oxygens (including phenoxy) is 2. The van der Waals surface area contributed by atoms with E-state index < -0.39 is 0 Å². The Morgan fingerprint density at radius 2 is 1.97 bits per heavy atom. The summed E-state index contributed by atoms with van der Waals surface area (Å²) in [4.78, 5) is 17.2. The van der Waals surface area contributed by atoms with E-state index in [9.17, 15) is 0 Å². The van der Waals surface area contributed by atoms with Gasteiger partial charge in [-0.2, -0.15) is 15.1 Å². The first-order valence-corrected chi connectivity index (χ1v) is 9.78. The van der Waals surface area contributed by atoms with Crippen molar-refractivity contribution >= 4 is 22.6 Å². The van der Waals surface area contributed by atoms with E-state index >= 15 is 0 Å². The summed E-state index contributed by atoms with van der Waals surface area (Å²) < 4.78 is 12.8. The van der Waals surface area contributed by atoms with Crippen LogP contribution in [0.1, 0.15) is 25.7 Å². The van der Waals surface area contributed by atoms with Crippen molar-refractivity contribution in [2.24, 2.45) is 0 Å². The molecule has 4 heterocycles. The van der Waals surface area contributed by atoms with Gasteiger partial charge in [-0.1, -0.05) is 0 Å². The first kappa shape index (κ1) is 17.9. The summed E-state index contributed by atoms with van der Waals surface area (Å²) in [5.41, 5.74) is 3.20. The summed E-state index contributed by atoms with van der Waals surface area (Å²) in [5.74, 6) is 1.09. The molecule has 1 aliphatic rings. The molecule has 0 unspecified atom stereocenters. The van der Waals surface area contributed by atoms with E-state index in [1.165, 1.54) is 0 Å². The van der Waals surface area contributed by atoms with Crippen LogP contribution in [0.3, 0.4) is 0 Å². The molecule has 0 spiro atoms. The largest absolute Gasteiger partial charge is 0.480 e. The van der Waals surface area contributed by atoms with Gasteiger partial charge >= 0.3 is 0 Å². The van der Waals surface area contributed by atoms with E-state index in [4.69, 9.17) is 9.47 Å². The monoisotopic (exact) mass is 393 g/mol. The molecule has 0 aromatic carbocycles. The molecule has 9 heteroatoms. The van der Waals surface area contributed by atoms with Gasteiger partial charge < -0.3 is 19.8 Å². The lowest BCUT2D eigenvalue weighted by Gasteiger charge is -2.28. The van der Waals surface area contributed by atoms with Gasteiger partial charge in [-0.25, -0.2) is 9.50 Å². The average molecular weight is 393 g/mol. The van der Waals surface area contributed by atoms with Crippen molar-refractivity contribution in [1.29, 1.82) is 0 Å². The van der Waals surface area contributed by atoms with Gasteiger partial charge in [0.2, 0.25) is 11.8 Å². The summed E-state index contributed by atoms with van der Waals surface area (Å²) >= 11 is 0. The van der Waals surface area contributed by atoms with Crippen LogP contribution in [0.4, 0.5) is 5.95 Å². The van der Waals surface area contributed by atoms with Gasteiger partial charge in [-0.15, -0.1) is 0 Å². The fourth-order valence-electron chi connectivity index (χ4n) is 4.00. The van der Waals surface area contributed by atoms with Crippen LogP contribution in [0.2, 0.25) is 0 Å². The van der Waals surface area contributed by atoms with Crippen LogP contribution in [0, 0.1) is 0 Å². The molecule has 0 bridgehead atoms. The minimum atomic E-state index is 0.337. The molecule has 2 N–H and O–H groups in total. The third-order valence-electron chi connectivity index (χ3n) is 5.57. The first-order chi connectivity index (χ1) is 14.2. The molecule has 5 rings (SSSR count). The van der Waals surface area contributed by atoms with Crippen LogP contribution < -0.4 is 10.1 Å². The fraction of sp³-hybridized carbons (Fsp3) is 0.400. The number of anilines is 1. The van der Waals surface area contributed by atoms with E-state index in [0.29, 0.717) is 24.0 Å². The second-order valence-electron chi connectivity index (χ2n) is 7.28. The lowest BCUT2D eigenvalue weighted by atomic mass is 9.93. The smallest absolute Gasteiger partial charge is 0.228 e. The Kier molecular flexibility index (Phi) is 4.51. The highest BCUT2D eigenvalue weighted by Gasteiger charge is 2.23. The maximum absolute atomic E-state index is 5.61. The number of aromatic amines is 1. The van der Waals surface area contributed by atoms with Crippen LogP contribution in [0.15, 0.2) is 30.7 Å². The SMILES string of the molecule is COc1nc(NC2CCC(OC)CC2)nc2[nH]cc(-c3ccn4nccc4n3)c12. The molecule has 150 valence electrons. The third-order valence-corrected chi connectivity index (χ3v) is 5.57. The molecule has 1 aliphatic carbocycles. The number of hydrogen-bond acceptors (Lipinski definition) is 7. The molecular weight excluding hydrogens is 370 g/mol. The number of nitrogens with zero attached hydrogens (tertiary/aromatic N) is 5. The van der Waals surface area contributed by atoms with Gasteiger partial charge in [0, 0.05) is 37.2 Å². The van der Waals surface area contributed by atoms with Gasteiger partial charge in [0.15, 0.2) is 5.65 Å². The van der Waals surface area contributed by atoms with Gasteiger partial charge in [0.1, 0.15) is 5.65 Å². The maximum Gasteiger partial charge on any atom is 0.228 e. The lowest BCUT2D eigenvalue weighted by Crippen LogP contribution is -2.29. The lowest BCUT2D eigenvalue weighted by molar-refractivity contribution is 0.0681. The Hall–Kier alpha value is -3.20. The molecule has 4 aromatic rings. The zero-order valence-corrected chi connectivity index (χ0v) is 16.4. The molecule has 0 saturated heterocycles. The third kappa shape index (κ3) is 3.27. The number of methoxy groups -OCH3 is 2. The van der Waals surface area contributed by atoms with E-state index in [1.807, 2.05) is 24.5 Å². The molecule has 1 fully saturated rings. The Morgan fingerprint density at radius 3 is 2.76 bits per heavy atom. The van der Waals surface area contributed by atoms with E-state index in [2.05, 4.69) is 30.4 Å². The summed E-state index contributed by atoms with van der Waals surface area (Å²) in [6.45, 7) is 0. The zero-order chi connectivity index (χ0) is 19.8. The first-order valence-electron chi connectivity index (χ1n) is 9.78. The second kappa shape index (κ2) is 7.32. The van der Waals surface area contributed by atoms with E-state index in [1.54, 1.807) is 24.9 Å². The Bertz CT molecular complexity index is 1140. The fourth-order valence-corrected chi connectivity index (χ4v) is 4.00. The number of H-pyrrole nitrogens is 1. The van der Waals surface area contributed by atoms with E-state index in [-0.39, 0.29) is 0 Å². The predicted molar refractivity (Wildman–Crippen MR) is 109 cm³/mol. The van der Waals surface area contributed by atoms with Gasteiger partial charge in [-0.05, 0) is 31.7 Å². The minimum absolute atomic E-state index is 0.337.